The molecule has 1 rings (SSSR count). The minimum absolute atomic E-state index is 0.0894. The minimum atomic E-state index is 0.0894. The minimum Gasteiger partial charge on any atom is -0.449 e. The lowest BCUT2D eigenvalue weighted by atomic mass is 10.2. The predicted molar refractivity (Wildman–Crippen MR) is 46.5 cm³/mol. The van der Waals surface area contributed by atoms with Crippen LogP contribution in [0.5, 0.6) is 0 Å². The highest BCUT2D eigenvalue weighted by Gasteiger charge is 2.05. The van der Waals surface area contributed by atoms with E-state index in [1.807, 2.05) is 0 Å². The van der Waals surface area contributed by atoms with E-state index in [4.69, 9.17) is 9.15 Å². The molecule has 4 nitrogen and oxygen atoms in total. The fraction of sp³-hybridized carbons (Fsp3) is 0.556. The van der Waals surface area contributed by atoms with Gasteiger partial charge >= 0.3 is 0 Å². The lowest BCUT2D eigenvalue weighted by Crippen LogP contribution is -1.98. The Bertz CT molecular complexity index is 280. The molecule has 4 heteroatoms. The Kier molecular flexibility index (Phi) is 3.64. The number of aromatic nitrogens is 1. The second kappa shape index (κ2) is 4.77. The molecule has 0 unspecified atom stereocenters. The van der Waals surface area contributed by atoms with Gasteiger partial charge in [-0.2, -0.15) is 0 Å². The zero-order chi connectivity index (χ0) is 9.68. The SMILES string of the molecule is COCCc1nc(CC(C)=O)co1. The van der Waals surface area contributed by atoms with Crippen LogP contribution in [0.25, 0.3) is 0 Å². The van der Waals surface area contributed by atoms with Crippen molar-refractivity contribution in [1.29, 1.82) is 0 Å². The van der Waals surface area contributed by atoms with E-state index in [0.717, 1.165) is 0 Å². The molecule has 13 heavy (non-hydrogen) atoms. The van der Waals surface area contributed by atoms with E-state index in [2.05, 4.69) is 4.98 Å². The second-order valence-electron chi connectivity index (χ2n) is 2.85. The first kappa shape index (κ1) is 9.92. The fourth-order valence-electron chi connectivity index (χ4n) is 0.989. The average molecular weight is 183 g/mol. The van der Waals surface area contributed by atoms with Crippen molar-refractivity contribution in [2.24, 2.45) is 0 Å². The van der Waals surface area contributed by atoms with Crippen molar-refractivity contribution in [3.05, 3.63) is 17.8 Å². The Hall–Kier alpha value is -1.16. The molecular weight excluding hydrogens is 170 g/mol. The molecule has 0 aliphatic heterocycles. The van der Waals surface area contributed by atoms with E-state index in [0.29, 0.717) is 31.0 Å². The molecule has 1 aromatic rings. The first-order valence-electron chi connectivity index (χ1n) is 4.14. The summed E-state index contributed by atoms with van der Waals surface area (Å²) in [6, 6.07) is 0. The third-order valence-corrected chi connectivity index (χ3v) is 1.55. The summed E-state index contributed by atoms with van der Waals surface area (Å²) >= 11 is 0. The lowest BCUT2D eigenvalue weighted by Gasteiger charge is -1.91. The number of methoxy groups -OCH3 is 1. The van der Waals surface area contributed by atoms with Crippen LogP contribution in [0.3, 0.4) is 0 Å². The summed E-state index contributed by atoms with van der Waals surface area (Å²) in [6.45, 7) is 2.11. The molecule has 0 spiro atoms. The van der Waals surface area contributed by atoms with Gasteiger partial charge in [-0.1, -0.05) is 0 Å². The monoisotopic (exact) mass is 183 g/mol. The Balaban J connectivity index is 2.48. The Morgan fingerprint density at radius 1 is 1.69 bits per heavy atom. The van der Waals surface area contributed by atoms with Crippen molar-refractivity contribution >= 4 is 5.78 Å². The van der Waals surface area contributed by atoms with Gasteiger partial charge in [-0.05, 0) is 6.92 Å². The summed E-state index contributed by atoms with van der Waals surface area (Å²) in [4.78, 5) is 14.9. The van der Waals surface area contributed by atoms with Crippen LogP contribution < -0.4 is 0 Å². The summed E-state index contributed by atoms with van der Waals surface area (Å²) in [5.41, 5.74) is 0.693. The van der Waals surface area contributed by atoms with Crippen LogP contribution in [0.4, 0.5) is 0 Å². The van der Waals surface area contributed by atoms with Crippen LogP contribution in [-0.2, 0) is 22.4 Å². The van der Waals surface area contributed by atoms with Gasteiger partial charge in [0.25, 0.3) is 0 Å². The topological polar surface area (TPSA) is 52.3 Å². The summed E-state index contributed by atoms with van der Waals surface area (Å²) in [6.07, 6.45) is 2.51. The maximum atomic E-state index is 10.7. The molecule has 0 aliphatic rings. The molecule has 0 saturated heterocycles. The van der Waals surface area contributed by atoms with Gasteiger partial charge in [-0.15, -0.1) is 0 Å². The van der Waals surface area contributed by atoms with E-state index < -0.39 is 0 Å². The first-order chi connectivity index (χ1) is 6.22. The fourth-order valence-corrected chi connectivity index (χ4v) is 0.989. The van der Waals surface area contributed by atoms with Crippen molar-refractivity contribution in [2.75, 3.05) is 13.7 Å². The standard InChI is InChI=1S/C9H13NO3/c1-7(11)5-8-6-13-9(10-8)3-4-12-2/h6H,3-5H2,1-2H3. The van der Waals surface area contributed by atoms with Crippen LogP contribution in [-0.4, -0.2) is 24.5 Å². The number of ketones is 1. The molecule has 0 N–H and O–H groups in total. The summed E-state index contributed by atoms with van der Waals surface area (Å²) in [7, 11) is 1.62. The zero-order valence-electron chi connectivity index (χ0n) is 7.87. The summed E-state index contributed by atoms with van der Waals surface area (Å²) < 4.78 is 9.99. The van der Waals surface area contributed by atoms with Gasteiger partial charge < -0.3 is 9.15 Å². The highest BCUT2D eigenvalue weighted by Crippen LogP contribution is 2.03. The van der Waals surface area contributed by atoms with Gasteiger partial charge in [-0.3, -0.25) is 4.79 Å². The molecule has 0 fully saturated rings. The molecule has 0 radical (unpaired) electrons. The van der Waals surface area contributed by atoms with Crippen LogP contribution in [0.15, 0.2) is 10.7 Å². The molecule has 1 aromatic heterocycles. The van der Waals surface area contributed by atoms with Gasteiger partial charge in [0.2, 0.25) is 0 Å². The molecule has 0 aromatic carbocycles. The van der Waals surface area contributed by atoms with Crippen LogP contribution in [0.2, 0.25) is 0 Å². The Morgan fingerprint density at radius 3 is 3.08 bits per heavy atom. The van der Waals surface area contributed by atoms with E-state index in [1.54, 1.807) is 7.11 Å². The van der Waals surface area contributed by atoms with Crippen molar-refractivity contribution in [3.8, 4) is 0 Å². The van der Waals surface area contributed by atoms with E-state index >= 15 is 0 Å². The predicted octanol–water partition coefficient (Wildman–Crippen LogP) is 0.995. The van der Waals surface area contributed by atoms with E-state index in [1.165, 1.54) is 13.2 Å². The largest absolute Gasteiger partial charge is 0.449 e. The van der Waals surface area contributed by atoms with E-state index in [-0.39, 0.29) is 5.78 Å². The Labute approximate surface area is 76.9 Å². The highest BCUT2D eigenvalue weighted by molar-refractivity contribution is 5.77. The zero-order valence-corrected chi connectivity index (χ0v) is 7.87. The van der Waals surface area contributed by atoms with Crippen molar-refractivity contribution in [3.63, 3.8) is 0 Å². The summed E-state index contributed by atoms with van der Waals surface area (Å²) in [5, 5.41) is 0. The highest BCUT2D eigenvalue weighted by atomic mass is 16.5. The number of Topliss-reactive ketones (excluding diaryl/α,β-unsaturated/α-hetero) is 1. The molecule has 72 valence electrons. The van der Waals surface area contributed by atoms with Crippen LogP contribution >= 0.6 is 0 Å². The first-order valence-corrected chi connectivity index (χ1v) is 4.14. The quantitative estimate of drug-likeness (QED) is 0.683. The van der Waals surface area contributed by atoms with Crippen LogP contribution in [0.1, 0.15) is 18.5 Å². The van der Waals surface area contributed by atoms with Gasteiger partial charge in [0, 0.05) is 13.5 Å². The Morgan fingerprint density at radius 2 is 2.46 bits per heavy atom. The lowest BCUT2D eigenvalue weighted by molar-refractivity contribution is -0.116. The van der Waals surface area contributed by atoms with Crippen molar-refractivity contribution < 1.29 is 13.9 Å². The maximum absolute atomic E-state index is 10.7. The molecular formula is C9H13NO3. The molecule has 0 saturated carbocycles. The van der Waals surface area contributed by atoms with Gasteiger partial charge in [0.15, 0.2) is 5.89 Å². The third-order valence-electron chi connectivity index (χ3n) is 1.55. The number of hydrogen-bond donors (Lipinski definition) is 0. The number of carbonyl (C=O) groups is 1. The number of hydrogen-bond acceptors (Lipinski definition) is 4. The van der Waals surface area contributed by atoms with Crippen molar-refractivity contribution in [1.82, 2.24) is 4.98 Å². The van der Waals surface area contributed by atoms with E-state index in [9.17, 15) is 4.79 Å². The smallest absolute Gasteiger partial charge is 0.196 e. The molecule has 0 atom stereocenters. The molecule has 0 aliphatic carbocycles. The molecule has 0 bridgehead atoms. The number of carbonyl (C=O) groups excluding carboxylic acids is 1. The number of ether oxygens (including phenoxy) is 1. The number of oxazole rings is 1. The molecule has 0 amide bonds. The third kappa shape index (κ3) is 3.38. The second-order valence-corrected chi connectivity index (χ2v) is 2.85. The average Bonchev–Trinajstić information content (AvgIpc) is 2.48. The number of rotatable bonds is 5. The molecule has 1 heterocycles. The number of nitrogens with zero attached hydrogens (tertiary/aromatic N) is 1. The van der Waals surface area contributed by atoms with Crippen LogP contribution in [0, 0.1) is 0 Å². The normalized spacial score (nSPS) is 10.3. The van der Waals surface area contributed by atoms with Gasteiger partial charge in [-0.25, -0.2) is 4.98 Å². The van der Waals surface area contributed by atoms with Gasteiger partial charge in [0.1, 0.15) is 12.0 Å². The maximum Gasteiger partial charge on any atom is 0.196 e. The van der Waals surface area contributed by atoms with Crippen molar-refractivity contribution in [2.45, 2.75) is 19.8 Å². The summed E-state index contributed by atoms with van der Waals surface area (Å²) in [5.74, 6) is 0.713. The van der Waals surface area contributed by atoms with Gasteiger partial charge in [0.05, 0.1) is 18.7 Å².